The minimum atomic E-state index is -4.29. The van der Waals surface area contributed by atoms with Crippen molar-refractivity contribution in [2.24, 2.45) is 0 Å². The van der Waals surface area contributed by atoms with E-state index in [0.717, 1.165) is 18.4 Å². The fourth-order valence-electron chi connectivity index (χ4n) is 2.84. The van der Waals surface area contributed by atoms with Crippen molar-refractivity contribution in [1.29, 1.82) is 0 Å². The summed E-state index contributed by atoms with van der Waals surface area (Å²) < 4.78 is 31.5. The second kappa shape index (κ2) is 8.45. The Balaban J connectivity index is 1.87. The maximum absolute atomic E-state index is 11.2. The predicted octanol–water partition coefficient (Wildman–Crippen LogP) is 4.49. The highest BCUT2D eigenvalue weighted by Gasteiger charge is 2.16. The van der Waals surface area contributed by atoms with Crippen molar-refractivity contribution in [1.82, 2.24) is 9.97 Å². The smallest absolute Gasteiger partial charge is 0.327 e. The Hall–Kier alpha value is -1.40. The number of nitrogens with one attached hydrogen (secondary N) is 1. The Kier molecular flexibility index (Phi) is 6.59. The average molecular weight is 338 g/mol. The van der Waals surface area contributed by atoms with Gasteiger partial charge in [-0.25, -0.2) is 4.98 Å². The van der Waals surface area contributed by atoms with E-state index in [1.54, 1.807) is 6.07 Å². The predicted molar refractivity (Wildman–Crippen MR) is 92.2 cm³/mol. The van der Waals surface area contributed by atoms with Gasteiger partial charge in [-0.2, -0.15) is 8.42 Å². The van der Waals surface area contributed by atoms with Crippen LogP contribution in [0.2, 0.25) is 0 Å². The van der Waals surface area contributed by atoms with Gasteiger partial charge in [-0.15, -0.1) is 0 Å². The van der Waals surface area contributed by atoms with Crippen LogP contribution in [0.5, 0.6) is 0 Å². The molecule has 1 heterocycles. The number of benzene rings is 1. The second-order valence-corrected chi connectivity index (χ2v) is 7.39. The van der Waals surface area contributed by atoms with Gasteiger partial charge in [0, 0.05) is 0 Å². The first-order valence-electron chi connectivity index (χ1n) is 8.47. The Morgan fingerprint density at radius 2 is 1.70 bits per heavy atom. The van der Waals surface area contributed by atoms with Gasteiger partial charge in [0.05, 0.1) is 11.0 Å². The Bertz CT molecular complexity index is 723. The molecule has 0 aliphatic heterocycles. The minimum Gasteiger partial charge on any atom is -0.327 e. The molecule has 2 N–H and O–H groups in total. The van der Waals surface area contributed by atoms with Crippen LogP contribution in [-0.4, -0.2) is 22.9 Å². The van der Waals surface area contributed by atoms with Gasteiger partial charge in [0.1, 0.15) is 0 Å². The molecule has 0 amide bonds. The van der Waals surface area contributed by atoms with Gasteiger partial charge < -0.3 is 4.98 Å². The van der Waals surface area contributed by atoms with Crippen LogP contribution in [0.1, 0.15) is 63.9 Å². The number of hydrogen-bond acceptors (Lipinski definition) is 3. The van der Waals surface area contributed by atoms with Crippen LogP contribution in [0, 0.1) is 0 Å². The van der Waals surface area contributed by atoms with E-state index in [0.29, 0.717) is 11.0 Å². The summed E-state index contributed by atoms with van der Waals surface area (Å²) >= 11 is 0. The number of aryl methyl sites for hydroxylation is 1. The SMILES string of the molecule is CCCCCCCCCCc1cccc2[nH]c(S(=O)(=O)O)nc12. The van der Waals surface area contributed by atoms with E-state index in [1.807, 2.05) is 12.1 Å². The lowest BCUT2D eigenvalue weighted by atomic mass is 10.0. The summed E-state index contributed by atoms with van der Waals surface area (Å²) in [5.41, 5.74) is 2.32. The summed E-state index contributed by atoms with van der Waals surface area (Å²) in [4.78, 5) is 6.70. The summed E-state index contributed by atoms with van der Waals surface area (Å²) in [6.07, 6.45) is 10.9. The molecule has 0 radical (unpaired) electrons. The first kappa shape index (κ1) is 17.9. The first-order valence-corrected chi connectivity index (χ1v) is 9.91. The molecule has 0 aliphatic rings. The average Bonchev–Trinajstić information content (AvgIpc) is 2.95. The zero-order valence-electron chi connectivity index (χ0n) is 13.7. The number of imidazole rings is 1. The lowest BCUT2D eigenvalue weighted by Gasteiger charge is -2.03. The third-order valence-corrected chi connectivity index (χ3v) is 4.80. The van der Waals surface area contributed by atoms with Crippen LogP contribution >= 0.6 is 0 Å². The fraction of sp³-hybridized carbons (Fsp3) is 0.588. The number of rotatable bonds is 10. The molecular weight excluding hydrogens is 312 g/mol. The number of para-hydroxylation sites is 1. The quantitative estimate of drug-likeness (QED) is 0.494. The van der Waals surface area contributed by atoms with Gasteiger partial charge in [0.15, 0.2) is 0 Å². The highest BCUT2D eigenvalue weighted by molar-refractivity contribution is 7.85. The number of aromatic amines is 1. The number of aromatic nitrogens is 2. The maximum atomic E-state index is 11.2. The molecule has 0 unspecified atom stereocenters. The molecule has 0 fully saturated rings. The summed E-state index contributed by atoms with van der Waals surface area (Å²) in [6.45, 7) is 2.23. The van der Waals surface area contributed by atoms with E-state index >= 15 is 0 Å². The molecule has 2 aromatic rings. The van der Waals surface area contributed by atoms with E-state index in [1.165, 1.54) is 44.9 Å². The molecule has 0 saturated carbocycles. The maximum Gasteiger partial charge on any atom is 0.328 e. The van der Waals surface area contributed by atoms with E-state index in [-0.39, 0.29) is 5.16 Å². The highest BCUT2D eigenvalue weighted by atomic mass is 32.2. The van der Waals surface area contributed by atoms with Crippen molar-refractivity contribution >= 4 is 21.2 Å². The van der Waals surface area contributed by atoms with E-state index < -0.39 is 10.1 Å². The lowest BCUT2D eigenvalue weighted by Crippen LogP contribution is -1.99. The van der Waals surface area contributed by atoms with Crippen molar-refractivity contribution < 1.29 is 13.0 Å². The van der Waals surface area contributed by atoms with Crippen molar-refractivity contribution in [2.45, 2.75) is 69.9 Å². The minimum absolute atomic E-state index is 0.379. The number of fused-ring (bicyclic) bond motifs is 1. The standard InChI is InChI=1S/C17H26N2O3S/c1-2-3-4-5-6-7-8-9-11-14-12-10-13-15-16(14)19-17(18-15)23(20,21)22/h10,12-13H,2-9,11H2,1H3,(H,18,19)(H,20,21,22). The summed E-state index contributed by atoms with van der Waals surface area (Å²) in [7, 11) is -4.29. The Morgan fingerprint density at radius 3 is 2.35 bits per heavy atom. The molecule has 128 valence electrons. The Labute approximate surface area is 138 Å². The van der Waals surface area contributed by atoms with Gasteiger partial charge in [0.2, 0.25) is 0 Å². The van der Waals surface area contributed by atoms with Crippen LogP contribution in [0.15, 0.2) is 23.4 Å². The molecule has 0 atom stereocenters. The second-order valence-electron chi connectivity index (χ2n) is 6.06. The van der Waals surface area contributed by atoms with Crippen molar-refractivity contribution in [3.63, 3.8) is 0 Å². The normalized spacial score (nSPS) is 12.1. The molecule has 1 aromatic heterocycles. The summed E-state index contributed by atoms with van der Waals surface area (Å²) in [5.74, 6) is 0. The molecule has 0 spiro atoms. The van der Waals surface area contributed by atoms with E-state index in [4.69, 9.17) is 4.55 Å². The summed E-state index contributed by atoms with van der Waals surface area (Å²) in [6, 6.07) is 5.63. The molecule has 0 bridgehead atoms. The van der Waals surface area contributed by atoms with Gasteiger partial charge in [-0.1, -0.05) is 64.0 Å². The van der Waals surface area contributed by atoms with Crippen molar-refractivity contribution in [3.8, 4) is 0 Å². The number of nitrogens with zero attached hydrogens (tertiary/aromatic N) is 1. The molecule has 6 heteroatoms. The first-order chi connectivity index (χ1) is 11.0. The lowest BCUT2D eigenvalue weighted by molar-refractivity contribution is 0.476. The molecular formula is C17H26N2O3S. The monoisotopic (exact) mass is 338 g/mol. The van der Waals surface area contributed by atoms with Gasteiger partial charge in [-0.3, -0.25) is 4.55 Å². The van der Waals surface area contributed by atoms with Crippen LogP contribution in [0.3, 0.4) is 0 Å². The van der Waals surface area contributed by atoms with Crippen LogP contribution in [0.25, 0.3) is 11.0 Å². The molecule has 1 aromatic carbocycles. The third kappa shape index (κ3) is 5.32. The van der Waals surface area contributed by atoms with Gasteiger partial charge in [0.25, 0.3) is 5.16 Å². The van der Waals surface area contributed by atoms with E-state index in [9.17, 15) is 8.42 Å². The molecule has 0 saturated heterocycles. The largest absolute Gasteiger partial charge is 0.328 e. The zero-order chi connectivity index (χ0) is 16.7. The third-order valence-electron chi connectivity index (χ3n) is 4.12. The molecule has 0 aliphatic carbocycles. The highest BCUT2D eigenvalue weighted by Crippen LogP contribution is 2.21. The van der Waals surface area contributed by atoms with Crippen LogP contribution in [-0.2, 0) is 16.5 Å². The van der Waals surface area contributed by atoms with Crippen molar-refractivity contribution in [3.05, 3.63) is 23.8 Å². The topological polar surface area (TPSA) is 83.0 Å². The molecule has 23 heavy (non-hydrogen) atoms. The van der Waals surface area contributed by atoms with Crippen molar-refractivity contribution in [2.75, 3.05) is 0 Å². The fourth-order valence-corrected chi connectivity index (χ4v) is 3.29. The number of H-pyrrole nitrogens is 1. The van der Waals surface area contributed by atoms with Crippen LogP contribution < -0.4 is 0 Å². The Morgan fingerprint density at radius 1 is 1.04 bits per heavy atom. The molecule has 5 nitrogen and oxygen atoms in total. The number of unbranched alkanes of at least 4 members (excludes halogenated alkanes) is 7. The van der Waals surface area contributed by atoms with Gasteiger partial charge in [-0.05, 0) is 24.5 Å². The van der Waals surface area contributed by atoms with E-state index in [2.05, 4.69) is 16.9 Å². The van der Waals surface area contributed by atoms with Crippen LogP contribution in [0.4, 0.5) is 0 Å². The van der Waals surface area contributed by atoms with Gasteiger partial charge >= 0.3 is 10.1 Å². The number of hydrogen-bond donors (Lipinski definition) is 2. The molecule has 2 rings (SSSR count). The summed E-state index contributed by atoms with van der Waals surface area (Å²) in [5, 5.41) is -0.379. The zero-order valence-corrected chi connectivity index (χ0v) is 14.5.